The normalized spacial score (nSPS) is 14.9. The molecule has 1 aromatic carbocycles. The Balaban J connectivity index is 1.90. The minimum Gasteiger partial charge on any atom is -0.460 e. The number of nitrogens with one attached hydrogen (secondary N) is 1. The third kappa shape index (κ3) is 3.33. The maximum atomic E-state index is 13.3. The first-order valence-electron chi connectivity index (χ1n) is 8.28. The van der Waals surface area contributed by atoms with E-state index in [4.69, 9.17) is 10.2 Å². The highest BCUT2D eigenvalue weighted by molar-refractivity contribution is 6.14. The van der Waals surface area contributed by atoms with Crippen molar-refractivity contribution in [3.8, 4) is 11.5 Å². The molecule has 4 rings (SSSR count). The minimum absolute atomic E-state index is 0.0132. The minimum atomic E-state index is -4.79. The van der Waals surface area contributed by atoms with Crippen LogP contribution in [0.5, 0.6) is 0 Å². The second kappa shape index (κ2) is 6.43. The fourth-order valence-electron chi connectivity index (χ4n) is 3.03. The van der Waals surface area contributed by atoms with Crippen molar-refractivity contribution in [2.75, 3.05) is 5.73 Å². The van der Waals surface area contributed by atoms with Gasteiger partial charge in [0, 0.05) is 0 Å². The van der Waals surface area contributed by atoms with Gasteiger partial charge in [-0.05, 0) is 42.8 Å². The van der Waals surface area contributed by atoms with Crippen molar-refractivity contribution >= 4 is 23.6 Å². The Morgan fingerprint density at radius 1 is 1.14 bits per heavy atom. The molecule has 148 valence electrons. The number of benzene rings is 1. The largest absolute Gasteiger partial charge is 0.460 e. The van der Waals surface area contributed by atoms with Crippen molar-refractivity contribution in [3.63, 3.8) is 0 Å². The smallest absolute Gasteiger partial charge is 0.417 e. The summed E-state index contributed by atoms with van der Waals surface area (Å²) in [6.07, 6.45) is -3.73. The Morgan fingerprint density at radius 2 is 1.86 bits per heavy atom. The Hall–Kier alpha value is -3.69. The monoisotopic (exact) mass is 404 g/mol. The lowest BCUT2D eigenvalue weighted by Crippen LogP contribution is -2.13. The maximum absolute atomic E-state index is 13.3. The van der Waals surface area contributed by atoms with Gasteiger partial charge in [0.25, 0.3) is 5.91 Å². The van der Waals surface area contributed by atoms with Crippen molar-refractivity contribution in [1.82, 2.24) is 15.3 Å². The molecular weight excluding hydrogens is 392 g/mol. The highest BCUT2D eigenvalue weighted by Gasteiger charge is 2.35. The van der Waals surface area contributed by atoms with Crippen LogP contribution in [0.3, 0.4) is 0 Å². The molecule has 2 aromatic heterocycles. The van der Waals surface area contributed by atoms with Gasteiger partial charge in [-0.1, -0.05) is 6.07 Å². The molecule has 0 spiro atoms. The van der Waals surface area contributed by atoms with Crippen molar-refractivity contribution in [1.29, 1.82) is 0 Å². The molecule has 0 saturated carbocycles. The van der Waals surface area contributed by atoms with Crippen LogP contribution in [0.25, 0.3) is 23.2 Å². The van der Waals surface area contributed by atoms with E-state index < -0.39 is 23.5 Å². The topological polar surface area (TPSA) is 94.0 Å². The summed E-state index contributed by atoms with van der Waals surface area (Å²) in [4.78, 5) is 20.6. The van der Waals surface area contributed by atoms with E-state index in [1.807, 2.05) is 0 Å². The first-order valence-corrected chi connectivity index (χ1v) is 8.28. The fourth-order valence-corrected chi connectivity index (χ4v) is 3.03. The first kappa shape index (κ1) is 18.7. The number of fused-ring (bicyclic) bond motifs is 1. The number of aromatic nitrogens is 2. The molecule has 3 heterocycles. The van der Waals surface area contributed by atoms with Gasteiger partial charge in [-0.25, -0.2) is 14.4 Å². The van der Waals surface area contributed by atoms with Crippen molar-refractivity contribution in [2.45, 2.75) is 13.1 Å². The van der Waals surface area contributed by atoms with Gasteiger partial charge in [-0.15, -0.1) is 0 Å². The van der Waals surface area contributed by atoms with Crippen LogP contribution in [0.15, 0.2) is 34.7 Å². The lowest BCUT2D eigenvalue weighted by molar-refractivity contribution is -0.137. The summed E-state index contributed by atoms with van der Waals surface area (Å²) >= 11 is 0. The first-order chi connectivity index (χ1) is 13.6. The highest BCUT2D eigenvalue weighted by Crippen LogP contribution is 2.37. The molecule has 0 unspecified atom stereocenters. The highest BCUT2D eigenvalue weighted by atomic mass is 19.4. The van der Waals surface area contributed by atoms with E-state index in [1.54, 1.807) is 19.1 Å². The van der Waals surface area contributed by atoms with Crippen LogP contribution in [0.1, 0.15) is 32.9 Å². The van der Waals surface area contributed by atoms with Crippen LogP contribution in [-0.4, -0.2) is 15.9 Å². The van der Waals surface area contributed by atoms with Crippen molar-refractivity contribution < 1.29 is 26.8 Å². The number of furan rings is 1. The summed E-state index contributed by atoms with van der Waals surface area (Å²) in [6.45, 7) is 1.70. The van der Waals surface area contributed by atoms with Gasteiger partial charge in [-0.2, -0.15) is 13.2 Å². The van der Waals surface area contributed by atoms with Crippen LogP contribution in [0, 0.1) is 12.7 Å². The number of alkyl halides is 3. The van der Waals surface area contributed by atoms with E-state index >= 15 is 0 Å². The van der Waals surface area contributed by atoms with Crippen LogP contribution in [0.4, 0.5) is 23.5 Å². The molecule has 6 nitrogen and oxygen atoms in total. The number of hydrogen-bond donors (Lipinski definition) is 2. The zero-order valence-electron chi connectivity index (χ0n) is 14.8. The lowest BCUT2D eigenvalue weighted by atomic mass is 10.0. The molecule has 1 aliphatic rings. The fraction of sp³-hybridized carbons (Fsp3) is 0.105. The van der Waals surface area contributed by atoms with E-state index in [1.165, 1.54) is 0 Å². The summed E-state index contributed by atoms with van der Waals surface area (Å²) in [6, 6.07) is 5.50. The molecular formula is C19H12F4N4O2. The van der Waals surface area contributed by atoms with E-state index in [0.29, 0.717) is 11.8 Å². The van der Waals surface area contributed by atoms with Gasteiger partial charge in [0.05, 0.1) is 16.8 Å². The molecule has 1 aliphatic heterocycles. The van der Waals surface area contributed by atoms with Gasteiger partial charge in [0.1, 0.15) is 23.0 Å². The van der Waals surface area contributed by atoms with E-state index in [-0.39, 0.29) is 39.9 Å². The number of amides is 1. The summed E-state index contributed by atoms with van der Waals surface area (Å²) in [7, 11) is 0. The number of aryl methyl sites for hydroxylation is 1. The molecule has 0 fully saturated rings. The summed E-state index contributed by atoms with van der Waals surface area (Å²) < 4.78 is 58.7. The van der Waals surface area contributed by atoms with Gasteiger partial charge < -0.3 is 15.5 Å². The number of anilines is 1. The number of rotatable bonds is 2. The summed E-state index contributed by atoms with van der Waals surface area (Å²) in [5, 5.41) is 2.47. The molecule has 0 saturated heterocycles. The number of hydrogen-bond acceptors (Lipinski definition) is 5. The average Bonchev–Trinajstić information content (AvgIpc) is 3.19. The van der Waals surface area contributed by atoms with E-state index in [2.05, 4.69) is 15.3 Å². The van der Waals surface area contributed by atoms with Crippen LogP contribution >= 0.6 is 0 Å². The van der Waals surface area contributed by atoms with Crippen LogP contribution < -0.4 is 11.1 Å². The number of halogens is 4. The van der Waals surface area contributed by atoms with Crippen molar-refractivity contribution in [2.24, 2.45) is 0 Å². The van der Waals surface area contributed by atoms with Gasteiger partial charge >= 0.3 is 6.18 Å². The van der Waals surface area contributed by atoms with Crippen molar-refractivity contribution in [3.05, 3.63) is 64.3 Å². The Bertz CT molecular complexity index is 1180. The SMILES string of the molecule is Cc1ccc(-c2nc(N)nc3c2C(=O)N/C3=C/c2ccc(F)cc2C(F)(F)F)o1. The molecule has 0 radical (unpaired) electrons. The predicted molar refractivity (Wildman–Crippen MR) is 95.6 cm³/mol. The molecule has 0 bridgehead atoms. The Kier molecular flexibility index (Phi) is 4.14. The molecule has 0 aliphatic carbocycles. The Labute approximate surface area is 161 Å². The zero-order chi connectivity index (χ0) is 20.9. The Morgan fingerprint density at radius 3 is 2.52 bits per heavy atom. The van der Waals surface area contributed by atoms with Gasteiger partial charge in [-0.3, -0.25) is 4.79 Å². The van der Waals surface area contributed by atoms with Crippen LogP contribution in [-0.2, 0) is 6.18 Å². The summed E-state index contributed by atoms with van der Waals surface area (Å²) in [5.41, 5.74) is 4.38. The van der Waals surface area contributed by atoms with Gasteiger partial charge in [0.15, 0.2) is 5.76 Å². The molecule has 0 atom stereocenters. The quantitative estimate of drug-likeness (QED) is 0.629. The van der Waals surface area contributed by atoms with E-state index in [0.717, 1.165) is 18.2 Å². The molecule has 10 heteroatoms. The number of carbonyl (C=O) groups is 1. The number of nitrogens with two attached hydrogens (primary N) is 1. The van der Waals surface area contributed by atoms with E-state index in [9.17, 15) is 22.4 Å². The summed E-state index contributed by atoms with van der Waals surface area (Å²) in [5.74, 6) is -1.00. The molecule has 1 amide bonds. The van der Waals surface area contributed by atoms with Gasteiger partial charge in [0.2, 0.25) is 5.95 Å². The second-order valence-electron chi connectivity index (χ2n) is 6.31. The number of nitrogen functional groups attached to an aromatic ring is 1. The third-order valence-corrected chi connectivity index (χ3v) is 4.25. The number of carbonyl (C=O) groups excluding carboxylic acids is 1. The standard InChI is InChI=1S/C19H12F4N4O2/c1-8-2-5-13(29-8)16-14-15(26-18(24)27-16)12(25-17(14)28)6-9-3-4-10(20)7-11(9)19(21,22)23/h2-7H,1H3,(H,25,28)(H2,24,26,27)/b12-6+. The predicted octanol–water partition coefficient (Wildman–Crippen LogP) is 4.03. The second-order valence-corrected chi connectivity index (χ2v) is 6.31. The average molecular weight is 404 g/mol. The van der Waals surface area contributed by atoms with Crippen LogP contribution in [0.2, 0.25) is 0 Å². The number of nitrogens with zero attached hydrogens (tertiary/aromatic N) is 2. The maximum Gasteiger partial charge on any atom is 0.417 e. The zero-order valence-corrected chi connectivity index (χ0v) is 14.8. The third-order valence-electron chi connectivity index (χ3n) is 4.25. The lowest BCUT2D eigenvalue weighted by Gasteiger charge is -2.11. The molecule has 29 heavy (non-hydrogen) atoms. The molecule has 3 aromatic rings. The molecule has 3 N–H and O–H groups in total.